The van der Waals surface area contributed by atoms with Crippen LogP contribution in [0.5, 0.6) is 0 Å². The number of hydrogen-bond acceptors (Lipinski definition) is 3. The monoisotopic (exact) mass is 531 g/mol. The van der Waals surface area contributed by atoms with E-state index in [-0.39, 0.29) is 30.0 Å². The van der Waals surface area contributed by atoms with Gasteiger partial charge in [-0.2, -0.15) is 5.10 Å². The van der Waals surface area contributed by atoms with E-state index >= 15 is 0 Å². The van der Waals surface area contributed by atoms with E-state index in [0.717, 1.165) is 30.2 Å². The third-order valence-electron chi connectivity index (χ3n) is 4.66. The number of rotatable bonds is 9. The van der Waals surface area contributed by atoms with Crippen LogP contribution >= 0.6 is 24.0 Å². The Morgan fingerprint density at radius 3 is 2.55 bits per heavy atom. The molecule has 2 unspecified atom stereocenters. The SMILES string of the molecule is CCNC(=NCCS(=O)Cc1ccccc1)NC(C)Cc1c(C)nn(C)c1C.I. The molecule has 162 valence electrons. The summed E-state index contributed by atoms with van der Waals surface area (Å²) in [7, 11) is 1.06. The van der Waals surface area contributed by atoms with Gasteiger partial charge in [0.05, 0.1) is 12.2 Å². The van der Waals surface area contributed by atoms with Crippen molar-refractivity contribution < 1.29 is 4.21 Å². The van der Waals surface area contributed by atoms with Gasteiger partial charge in [0.25, 0.3) is 0 Å². The second kappa shape index (κ2) is 13.0. The van der Waals surface area contributed by atoms with Gasteiger partial charge in [0.2, 0.25) is 0 Å². The molecule has 29 heavy (non-hydrogen) atoms. The van der Waals surface area contributed by atoms with Crippen molar-refractivity contribution in [1.82, 2.24) is 20.4 Å². The molecule has 2 aromatic rings. The van der Waals surface area contributed by atoms with Crippen molar-refractivity contribution >= 4 is 40.7 Å². The van der Waals surface area contributed by atoms with E-state index in [2.05, 4.69) is 41.5 Å². The molecule has 2 atom stereocenters. The van der Waals surface area contributed by atoms with Crippen molar-refractivity contribution in [2.45, 2.75) is 45.9 Å². The number of guanidine groups is 1. The first-order chi connectivity index (χ1) is 13.4. The Hall–Kier alpha value is -1.42. The average Bonchev–Trinajstić information content (AvgIpc) is 2.89. The van der Waals surface area contributed by atoms with Crippen molar-refractivity contribution in [3.05, 3.63) is 52.8 Å². The van der Waals surface area contributed by atoms with Crippen LogP contribution in [-0.4, -0.2) is 44.8 Å². The minimum atomic E-state index is -0.913. The lowest BCUT2D eigenvalue weighted by molar-refractivity contribution is 0.636. The maximum absolute atomic E-state index is 12.3. The third kappa shape index (κ3) is 8.46. The number of aromatic nitrogens is 2. The van der Waals surface area contributed by atoms with E-state index < -0.39 is 10.8 Å². The maximum atomic E-state index is 12.3. The van der Waals surface area contributed by atoms with Gasteiger partial charge in [-0.3, -0.25) is 13.9 Å². The number of aliphatic imine (C=N–C) groups is 1. The normalized spacial score (nSPS) is 13.5. The van der Waals surface area contributed by atoms with Gasteiger partial charge < -0.3 is 10.6 Å². The Labute approximate surface area is 194 Å². The van der Waals surface area contributed by atoms with Crippen LogP contribution in [0.2, 0.25) is 0 Å². The molecular formula is C21H34IN5OS. The van der Waals surface area contributed by atoms with Gasteiger partial charge in [0.15, 0.2) is 5.96 Å². The van der Waals surface area contributed by atoms with Gasteiger partial charge in [0.1, 0.15) is 0 Å². The summed E-state index contributed by atoms with van der Waals surface area (Å²) >= 11 is 0. The molecule has 2 N–H and O–H groups in total. The molecule has 0 aliphatic heterocycles. The van der Waals surface area contributed by atoms with Gasteiger partial charge in [-0.1, -0.05) is 30.3 Å². The highest BCUT2D eigenvalue weighted by molar-refractivity contribution is 14.0. The fraction of sp³-hybridized carbons (Fsp3) is 0.524. The highest BCUT2D eigenvalue weighted by Gasteiger charge is 2.14. The molecule has 0 bridgehead atoms. The summed E-state index contributed by atoms with van der Waals surface area (Å²) in [5.74, 6) is 1.91. The fourth-order valence-electron chi connectivity index (χ4n) is 3.12. The van der Waals surface area contributed by atoms with Crippen molar-refractivity contribution in [3.8, 4) is 0 Å². The molecule has 8 heteroatoms. The van der Waals surface area contributed by atoms with Crippen molar-refractivity contribution in [2.24, 2.45) is 12.0 Å². The van der Waals surface area contributed by atoms with Crippen LogP contribution in [0.3, 0.4) is 0 Å². The Morgan fingerprint density at radius 2 is 1.97 bits per heavy atom. The van der Waals surface area contributed by atoms with Gasteiger partial charge in [-0.05, 0) is 45.2 Å². The number of aryl methyl sites for hydroxylation is 2. The molecule has 0 saturated carbocycles. The van der Waals surface area contributed by atoms with Crippen LogP contribution < -0.4 is 10.6 Å². The summed E-state index contributed by atoms with van der Waals surface area (Å²) in [6, 6.07) is 10.2. The van der Waals surface area contributed by atoms with Crippen LogP contribution in [0.4, 0.5) is 0 Å². The summed E-state index contributed by atoms with van der Waals surface area (Å²) < 4.78 is 14.2. The summed E-state index contributed by atoms with van der Waals surface area (Å²) in [5.41, 5.74) is 4.66. The number of nitrogens with zero attached hydrogens (tertiary/aromatic N) is 3. The second-order valence-corrected chi connectivity index (χ2v) is 8.63. The Morgan fingerprint density at radius 1 is 1.28 bits per heavy atom. The lowest BCUT2D eigenvalue weighted by Crippen LogP contribution is -2.43. The summed E-state index contributed by atoms with van der Waals surface area (Å²) in [6.45, 7) is 9.67. The number of benzene rings is 1. The number of hydrogen-bond donors (Lipinski definition) is 2. The molecule has 0 aliphatic rings. The lowest BCUT2D eigenvalue weighted by Gasteiger charge is -2.18. The molecule has 2 rings (SSSR count). The number of halogens is 1. The smallest absolute Gasteiger partial charge is 0.191 e. The molecular weight excluding hydrogens is 497 g/mol. The van der Waals surface area contributed by atoms with Gasteiger partial charge in [0, 0.05) is 47.6 Å². The first-order valence-corrected chi connectivity index (χ1v) is 11.3. The standard InChI is InChI=1S/C21H33N5OS.HI/c1-6-22-21(23-12-13-28(27)15-19-10-8-7-9-11-19)24-16(2)14-20-17(3)25-26(5)18(20)4;/h7-11,16H,6,12-15H2,1-5H3,(H2,22,23,24);1H. The molecule has 1 aromatic heterocycles. The number of nitrogens with one attached hydrogen (secondary N) is 2. The molecule has 0 fully saturated rings. The van der Waals surface area contributed by atoms with E-state index in [0.29, 0.717) is 18.1 Å². The first kappa shape index (κ1) is 25.6. The van der Waals surface area contributed by atoms with Crippen LogP contribution in [0, 0.1) is 13.8 Å². The van der Waals surface area contributed by atoms with E-state index in [1.165, 1.54) is 11.3 Å². The predicted molar refractivity (Wildman–Crippen MR) is 134 cm³/mol. The highest BCUT2D eigenvalue weighted by Crippen LogP contribution is 2.14. The zero-order chi connectivity index (χ0) is 20.5. The fourth-order valence-corrected chi connectivity index (χ4v) is 4.12. The Kier molecular flexibility index (Phi) is 11.5. The van der Waals surface area contributed by atoms with E-state index in [4.69, 9.17) is 0 Å². The topological polar surface area (TPSA) is 71.3 Å². The van der Waals surface area contributed by atoms with E-state index in [1.807, 2.05) is 49.0 Å². The first-order valence-electron chi connectivity index (χ1n) is 9.83. The zero-order valence-electron chi connectivity index (χ0n) is 18.1. The van der Waals surface area contributed by atoms with Gasteiger partial charge in [-0.15, -0.1) is 24.0 Å². The highest BCUT2D eigenvalue weighted by atomic mass is 127. The summed E-state index contributed by atoms with van der Waals surface area (Å²) in [4.78, 5) is 4.61. The molecule has 0 aliphatic carbocycles. The van der Waals surface area contributed by atoms with Crippen molar-refractivity contribution in [3.63, 3.8) is 0 Å². The maximum Gasteiger partial charge on any atom is 0.191 e. The molecule has 6 nitrogen and oxygen atoms in total. The second-order valence-electron chi connectivity index (χ2n) is 7.06. The Balaban J connectivity index is 0.00000420. The van der Waals surface area contributed by atoms with Gasteiger partial charge >= 0.3 is 0 Å². The van der Waals surface area contributed by atoms with Crippen molar-refractivity contribution in [2.75, 3.05) is 18.8 Å². The molecule has 0 spiro atoms. The third-order valence-corrected chi connectivity index (χ3v) is 5.95. The quantitative estimate of drug-likeness (QED) is 0.297. The lowest BCUT2D eigenvalue weighted by atomic mass is 10.1. The van der Waals surface area contributed by atoms with Crippen LogP contribution in [0.25, 0.3) is 0 Å². The molecule has 1 heterocycles. The van der Waals surface area contributed by atoms with Crippen LogP contribution in [0.1, 0.15) is 36.4 Å². The minimum Gasteiger partial charge on any atom is -0.357 e. The van der Waals surface area contributed by atoms with Gasteiger partial charge in [-0.25, -0.2) is 0 Å². The predicted octanol–water partition coefficient (Wildman–Crippen LogP) is 3.09. The van der Waals surface area contributed by atoms with E-state index in [9.17, 15) is 4.21 Å². The molecule has 1 aromatic carbocycles. The molecule has 0 radical (unpaired) electrons. The molecule has 0 amide bonds. The van der Waals surface area contributed by atoms with E-state index in [1.54, 1.807) is 0 Å². The zero-order valence-corrected chi connectivity index (χ0v) is 21.2. The molecule has 0 saturated heterocycles. The van der Waals surface area contributed by atoms with Crippen LogP contribution in [0.15, 0.2) is 35.3 Å². The summed E-state index contributed by atoms with van der Waals surface area (Å²) in [6.07, 6.45) is 0.885. The average molecular weight is 532 g/mol. The summed E-state index contributed by atoms with van der Waals surface area (Å²) in [5, 5.41) is 11.2. The largest absolute Gasteiger partial charge is 0.357 e. The Bertz CT molecular complexity index is 807. The minimum absolute atomic E-state index is 0. The van der Waals surface area contributed by atoms with Crippen molar-refractivity contribution in [1.29, 1.82) is 0 Å². The van der Waals surface area contributed by atoms with Crippen LogP contribution in [-0.2, 0) is 30.0 Å².